The number of aryl methyl sites for hydroxylation is 1. The number of ether oxygens (including phenoxy) is 2. The average molecular weight is 277 g/mol. The molecular weight excluding hydrogens is 262 g/mol. The molecule has 0 radical (unpaired) electrons. The maximum Gasteiger partial charge on any atom is 0.325 e. The van der Waals surface area contributed by atoms with Crippen molar-refractivity contribution in [3.05, 3.63) is 23.4 Å². The molecule has 0 saturated heterocycles. The van der Waals surface area contributed by atoms with E-state index in [9.17, 15) is 9.59 Å². The second-order valence-electron chi connectivity index (χ2n) is 3.98. The lowest BCUT2D eigenvalue weighted by Crippen LogP contribution is -2.36. The highest BCUT2D eigenvalue weighted by Gasteiger charge is 2.18. The van der Waals surface area contributed by atoms with Crippen LogP contribution in [0.25, 0.3) is 0 Å². The van der Waals surface area contributed by atoms with Crippen LogP contribution in [0.15, 0.2) is 12.1 Å². The summed E-state index contributed by atoms with van der Waals surface area (Å²) < 4.78 is 9.16. The molecule has 0 aliphatic carbocycles. The third-order valence-electron chi connectivity index (χ3n) is 2.49. The van der Waals surface area contributed by atoms with Crippen LogP contribution >= 0.6 is 0 Å². The Hall–Kier alpha value is -2.62. The number of anilines is 1. The van der Waals surface area contributed by atoms with Crippen LogP contribution in [-0.4, -0.2) is 44.2 Å². The van der Waals surface area contributed by atoms with Crippen molar-refractivity contribution in [3.63, 3.8) is 0 Å². The number of pyridine rings is 1. The normalized spacial score (nSPS) is 9.50. The SMILES string of the molecule is COC(=O)CN(CC(=O)OC)c1cc(C#N)cc(C)n1. The molecule has 1 aromatic heterocycles. The molecule has 0 spiro atoms. The molecule has 0 unspecified atom stereocenters. The number of esters is 2. The number of carbonyl (C=O) groups excluding carboxylic acids is 2. The van der Waals surface area contributed by atoms with Crippen molar-refractivity contribution < 1.29 is 19.1 Å². The van der Waals surface area contributed by atoms with Gasteiger partial charge in [-0.1, -0.05) is 0 Å². The van der Waals surface area contributed by atoms with E-state index in [1.165, 1.54) is 25.2 Å². The summed E-state index contributed by atoms with van der Waals surface area (Å²) in [6, 6.07) is 5.11. The summed E-state index contributed by atoms with van der Waals surface area (Å²) in [5.74, 6) is -0.691. The van der Waals surface area contributed by atoms with E-state index in [1.54, 1.807) is 13.0 Å². The van der Waals surface area contributed by atoms with Gasteiger partial charge in [0.1, 0.15) is 18.9 Å². The third kappa shape index (κ3) is 4.24. The Bertz CT molecular complexity index is 533. The molecule has 106 valence electrons. The van der Waals surface area contributed by atoms with Gasteiger partial charge in [-0.2, -0.15) is 5.26 Å². The smallest absolute Gasteiger partial charge is 0.325 e. The summed E-state index contributed by atoms with van der Waals surface area (Å²) in [5, 5.41) is 8.94. The van der Waals surface area contributed by atoms with Crippen LogP contribution in [0, 0.1) is 18.3 Å². The molecule has 1 heterocycles. The van der Waals surface area contributed by atoms with Crippen LogP contribution in [0.1, 0.15) is 11.3 Å². The molecule has 20 heavy (non-hydrogen) atoms. The first kappa shape index (κ1) is 15.4. The fourth-order valence-electron chi connectivity index (χ4n) is 1.54. The molecule has 7 heteroatoms. The van der Waals surface area contributed by atoms with Gasteiger partial charge in [0.2, 0.25) is 0 Å². The van der Waals surface area contributed by atoms with Gasteiger partial charge < -0.3 is 14.4 Å². The molecule has 0 bridgehead atoms. The second kappa shape index (κ2) is 7.09. The van der Waals surface area contributed by atoms with Gasteiger partial charge in [-0.25, -0.2) is 4.98 Å². The van der Waals surface area contributed by atoms with Gasteiger partial charge in [0.15, 0.2) is 0 Å². The van der Waals surface area contributed by atoms with Gasteiger partial charge in [-0.15, -0.1) is 0 Å². The summed E-state index contributed by atoms with van der Waals surface area (Å²) in [6.45, 7) is 1.40. The van der Waals surface area contributed by atoms with Crippen molar-refractivity contribution in [1.29, 1.82) is 5.26 Å². The molecule has 7 nitrogen and oxygen atoms in total. The fraction of sp³-hybridized carbons (Fsp3) is 0.385. The highest BCUT2D eigenvalue weighted by atomic mass is 16.5. The van der Waals surface area contributed by atoms with Crippen molar-refractivity contribution >= 4 is 17.8 Å². The Morgan fingerprint density at radius 3 is 2.25 bits per heavy atom. The van der Waals surface area contributed by atoms with Crippen LogP contribution in [0.4, 0.5) is 5.82 Å². The third-order valence-corrected chi connectivity index (χ3v) is 2.49. The molecule has 0 aliphatic rings. The number of aromatic nitrogens is 1. The zero-order valence-corrected chi connectivity index (χ0v) is 11.5. The van der Waals surface area contributed by atoms with Crippen LogP contribution in [-0.2, 0) is 19.1 Å². The molecule has 1 aromatic rings. The summed E-state index contributed by atoms with van der Waals surface area (Å²) in [5.41, 5.74) is 1.01. The zero-order valence-electron chi connectivity index (χ0n) is 11.5. The Balaban J connectivity index is 3.08. The largest absolute Gasteiger partial charge is 0.468 e. The summed E-state index contributed by atoms with van der Waals surface area (Å²) in [4.78, 5) is 28.4. The Morgan fingerprint density at radius 1 is 1.25 bits per heavy atom. The standard InChI is InChI=1S/C13H15N3O4/c1-9-4-10(6-14)5-11(15-9)16(7-12(17)19-2)8-13(18)20-3/h4-5H,7-8H2,1-3H3. The van der Waals surface area contributed by atoms with Crippen LogP contribution in [0.5, 0.6) is 0 Å². The lowest BCUT2D eigenvalue weighted by atomic mass is 10.2. The maximum absolute atomic E-state index is 11.4. The van der Waals surface area contributed by atoms with Crippen molar-refractivity contribution in [2.24, 2.45) is 0 Å². The molecule has 0 atom stereocenters. The predicted octanol–water partition coefficient (Wildman–Crippen LogP) is 0.414. The number of hydrogen-bond acceptors (Lipinski definition) is 7. The molecule has 0 saturated carbocycles. The van der Waals surface area contributed by atoms with Crippen LogP contribution in [0.3, 0.4) is 0 Å². The van der Waals surface area contributed by atoms with E-state index in [2.05, 4.69) is 14.5 Å². The average Bonchev–Trinajstić information content (AvgIpc) is 2.45. The number of methoxy groups -OCH3 is 2. The van der Waals surface area contributed by atoms with Crippen molar-refractivity contribution in [3.8, 4) is 6.07 Å². The van der Waals surface area contributed by atoms with E-state index in [4.69, 9.17) is 5.26 Å². The van der Waals surface area contributed by atoms with E-state index >= 15 is 0 Å². The second-order valence-corrected chi connectivity index (χ2v) is 3.98. The van der Waals surface area contributed by atoms with E-state index in [0.717, 1.165) is 0 Å². The minimum Gasteiger partial charge on any atom is -0.468 e. The van der Waals surface area contributed by atoms with Gasteiger partial charge in [0, 0.05) is 5.69 Å². The van der Waals surface area contributed by atoms with Crippen LogP contribution in [0.2, 0.25) is 0 Å². The number of nitriles is 1. The minimum absolute atomic E-state index is 0.160. The van der Waals surface area contributed by atoms with Gasteiger partial charge in [-0.3, -0.25) is 9.59 Å². The van der Waals surface area contributed by atoms with Crippen LogP contribution < -0.4 is 4.90 Å². The molecule has 0 aliphatic heterocycles. The van der Waals surface area contributed by atoms with Gasteiger partial charge in [0.05, 0.1) is 25.9 Å². The summed E-state index contributed by atoms with van der Waals surface area (Å²) in [7, 11) is 2.51. The Kier molecular flexibility index (Phi) is 5.47. The van der Waals surface area contributed by atoms with E-state index in [0.29, 0.717) is 17.1 Å². The van der Waals surface area contributed by atoms with Crippen molar-refractivity contribution in [2.75, 3.05) is 32.2 Å². The first-order valence-corrected chi connectivity index (χ1v) is 5.77. The van der Waals surface area contributed by atoms with Crippen molar-refractivity contribution in [1.82, 2.24) is 4.98 Å². The molecule has 0 aromatic carbocycles. The maximum atomic E-state index is 11.4. The quantitative estimate of drug-likeness (QED) is 0.720. The lowest BCUT2D eigenvalue weighted by Gasteiger charge is -2.21. The fourth-order valence-corrected chi connectivity index (χ4v) is 1.54. The Morgan fingerprint density at radius 2 is 1.80 bits per heavy atom. The summed E-state index contributed by atoms with van der Waals surface area (Å²) >= 11 is 0. The molecule has 0 N–H and O–H groups in total. The monoisotopic (exact) mass is 277 g/mol. The zero-order chi connectivity index (χ0) is 15.1. The molecule has 1 rings (SSSR count). The van der Waals surface area contributed by atoms with Gasteiger partial charge >= 0.3 is 11.9 Å². The molecule has 0 amide bonds. The number of nitrogens with zero attached hydrogens (tertiary/aromatic N) is 3. The van der Waals surface area contributed by atoms with E-state index < -0.39 is 11.9 Å². The highest BCUT2D eigenvalue weighted by Crippen LogP contribution is 2.14. The topological polar surface area (TPSA) is 92.5 Å². The van der Waals surface area contributed by atoms with Gasteiger partial charge in [0.25, 0.3) is 0 Å². The van der Waals surface area contributed by atoms with E-state index in [-0.39, 0.29) is 13.1 Å². The minimum atomic E-state index is -0.518. The number of hydrogen-bond donors (Lipinski definition) is 0. The number of rotatable bonds is 5. The summed E-state index contributed by atoms with van der Waals surface area (Å²) in [6.07, 6.45) is 0. The highest BCUT2D eigenvalue weighted by molar-refractivity contribution is 5.80. The van der Waals surface area contributed by atoms with Gasteiger partial charge in [-0.05, 0) is 19.1 Å². The van der Waals surface area contributed by atoms with Crippen molar-refractivity contribution in [2.45, 2.75) is 6.92 Å². The number of carbonyl (C=O) groups is 2. The Labute approximate surface area is 116 Å². The predicted molar refractivity (Wildman–Crippen MR) is 69.9 cm³/mol. The first-order chi connectivity index (χ1) is 9.49. The molecule has 0 fully saturated rings. The lowest BCUT2D eigenvalue weighted by molar-refractivity contribution is -0.140. The first-order valence-electron chi connectivity index (χ1n) is 5.77. The van der Waals surface area contributed by atoms with E-state index in [1.807, 2.05) is 6.07 Å². The molecular formula is C13H15N3O4.